The van der Waals surface area contributed by atoms with Crippen LogP contribution in [0.25, 0.3) is 11.0 Å². The molecule has 0 saturated carbocycles. The van der Waals surface area contributed by atoms with Crippen molar-refractivity contribution in [3.05, 3.63) is 54.0 Å². The van der Waals surface area contributed by atoms with Crippen molar-refractivity contribution in [2.45, 2.75) is 13.0 Å². The standard InChI is InChI=1S/C18H18N4O2/c1-12-20-15-7-3-4-8-16(15)22(12)13-10-21(11-13)18(23)14-6-5-9-19-17(14)24-2/h3-9,13H,10-11H2,1-2H3. The van der Waals surface area contributed by atoms with E-state index in [4.69, 9.17) is 4.74 Å². The molecule has 24 heavy (non-hydrogen) atoms. The Morgan fingerprint density at radius 1 is 1.21 bits per heavy atom. The number of fused-ring (bicyclic) bond motifs is 1. The normalized spacial score (nSPS) is 14.7. The van der Waals surface area contributed by atoms with Gasteiger partial charge in [0.25, 0.3) is 5.91 Å². The largest absolute Gasteiger partial charge is 0.480 e. The first kappa shape index (κ1) is 14.7. The van der Waals surface area contributed by atoms with Gasteiger partial charge in [-0.15, -0.1) is 0 Å². The summed E-state index contributed by atoms with van der Waals surface area (Å²) in [6, 6.07) is 11.8. The summed E-state index contributed by atoms with van der Waals surface area (Å²) in [5.41, 5.74) is 2.62. The summed E-state index contributed by atoms with van der Waals surface area (Å²) >= 11 is 0. The lowest BCUT2D eigenvalue weighted by Gasteiger charge is -2.40. The van der Waals surface area contributed by atoms with Crippen molar-refractivity contribution in [1.29, 1.82) is 0 Å². The number of hydrogen-bond acceptors (Lipinski definition) is 4. The van der Waals surface area contributed by atoms with E-state index in [1.165, 1.54) is 7.11 Å². The molecular weight excluding hydrogens is 304 g/mol. The second kappa shape index (κ2) is 5.63. The maximum absolute atomic E-state index is 12.7. The van der Waals surface area contributed by atoms with Gasteiger partial charge < -0.3 is 14.2 Å². The monoisotopic (exact) mass is 322 g/mol. The predicted octanol–water partition coefficient (Wildman–Crippen LogP) is 2.45. The molecule has 1 saturated heterocycles. The van der Waals surface area contributed by atoms with Crippen molar-refractivity contribution >= 4 is 16.9 Å². The number of imidazole rings is 1. The Hall–Kier alpha value is -2.89. The zero-order chi connectivity index (χ0) is 16.7. The average molecular weight is 322 g/mol. The lowest BCUT2D eigenvalue weighted by Crippen LogP contribution is -2.51. The summed E-state index contributed by atoms with van der Waals surface area (Å²) in [4.78, 5) is 23.2. The molecule has 0 atom stereocenters. The van der Waals surface area contributed by atoms with E-state index >= 15 is 0 Å². The maximum atomic E-state index is 12.7. The van der Waals surface area contributed by atoms with E-state index in [1.807, 2.05) is 30.0 Å². The molecule has 3 aromatic rings. The van der Waals surface area contributed by atoms with E-state index in [2.05, 4.69) is 20.6 Å². The van der Waals surface area contributed by atoms with Crippen LogP contribution in [-0.2, 0) is 0 Å². The van der Waals surface area contributed by atoms with E-state index in [9.17, 15) is 4.79 Å². The summed E-state index contributed by atoms with van der Waals surface area (Å²) in [7, 11) is 1.53. The average Bonchev–Trinajstić information content (AvgIpc) is 2.89. The topological polar surface area (TPSA) is 60.2 Å². The van der Waals surface area contributed by atoms with Gasteiger partial charge in [-0.2, -0.15) is 0 Å². The van der Waals surface area contributed by atoms with Gasteiger partial charge in [0.2, 0.25) is 5.88 Å². The Morgan fingerprint density at radius 2 is 2.00 bits per heavy atom. The number of likely N-dealkylation sites (tertiary alicyclic amines) is 1. The zero-order valence-corrected chi connectivity index (χ0v) is 13.6. The molecule has 1 aromatic carbocycles. The van der Waals surface area contributed by atoms with Crippen LogP contribution in [0.3, 0.4) is 0 Å². The van der Waals surface area contributed by atoms with E-state index in [0.29, 0.717) is 24.5 Å². The molecule has 6 heteroatoms. The van der Waals surface area contributed by atoms with Gasteiger partial charge in [-0.1, -0.05) is 12.1 Å². The fraction of sp³-hybridized carbons (Fsp3) is 0.278. The number of para-hydroxylation sites is 2. The first-order chi connectivity index (χ1) is 11.7. The number of nitrogens with zero attached hydrogens (tertiary/aromatic N) is 4. The molecule has 1 amide bonds. The third-order valence-electron chi connectivity index (χ3n) is 4.48. The lowest BCUT2D eigenvalue weighted by molar-refractivity contribution is 0.0519. The van der Waals surface area contributed by atoms with Crippen molar-refractivity contribution < 1.29 is 9.53 Å². The van der Waals surface area contributed by atoms with Gasteiger partial charge in [0.1, 0.15) is 11.4 Å². The number of aryl methyl sites for hydroxylation is 1. The van der Waals surface area contributed by atoms with E-state index in [1.54, 1.807) is 18.3 Å². The molecule has 1 fully saturated rings. The number of amides is 1. The second-order valence-electron chi connectivity index (χ2n) is 5.94. The third-order valence-corrected chi connectivity index (χ3v) is 4.48. The van der Waals surface area contributed by atoms with E-state index < -0.39 is 0 Å². The van der Waals surface area contributed by atoms with Gasteiger partial charge in [-0.3, -0.25) is 4.79 Å². The van der Waals surface area contributed by atoms with Crippen molar-refractivity contribution in [3.63, 3.8) is 0 Å². The Kier molecular flexibility index (Phi) is 3.45. The molecule has 0 N–H and O–H groups in total. The second-order valence-corrected chi connectivity index (χ2v) is 5.94. The van der Waals surface area contributed by atoms with Crippen LogP contribution in [0.15, 0.2) is 42.6 Å². The first-order valence-electron chi connectivity index (χ1n) is 7.91. The van der Waals surface area contributed by atoms with Crippen LogP contribution in [0.5, 0.6) is 5.88 Å². The van der Waals surface area contributed by atoms with Crippen LogP contribution < -0.4 is 4.74 Å². The highest BCUT2D eigenvalue weighted by Crippen LogP contribution is 2.29. The highest BCUT2D eigenvalue weighted by atomic mass is 16.5. The molecule has 1 aliphatic rings. The molecule has 122 valence electrons. The molecule has 0 aliphatic carbocycles. The molecule has 0 radical (unpaired) electrons. The number of carbonyl (C=O) groups excluding carboxylic acids is 1. The number of methoxy groups -OCH3 is 1. The quantitative estimate of drug-likeness (QED) is 0.743. The van der Waals surface area contributed by atoms with E-state index in [0.717, 1.165) is 16.9 Å². The van der Waals surface area contributed by atoms with Crippen molar-refractivity contribution in [1.82, 2.24) is 19.4 Å². The fourth-order valence-corrected chi connectivity index (χ4v) is 3.30. The van der Waals surface area contributed by atoms with Gasteiger partial charge in [-0.25, -0.2) is 9.97 Å². The van der Waals surface area contributed by atoms with Gasteiger partial charge >= 0.3 is 0 Å². The van der Waals surface area contributed by atoms with Crippen molar-refractivity contribution in [3.8, 4) is 5.88 Å². The number of hydrogen-bond donors (Lipinski definition) is 0. The van der Waals surface area contributed by atoms with Crippen molar-refractivity contribution in [2.75, 3.05) is 20.2 Å². The summed E-state index contributed by atoms with van der Waals surface area (Å²) in [5, 5.41) is 0. The minimum atomic E-state index is -0.0433. The number of rotatable bonds is 3. The zero-order valence-electron chi connectivity index (χ0n) is 13.6. The third kappa shape index (κ3) is 2.22. The van der Waals surface area contributed by atoms with Crippen LogP contribution in [0, 0.1) is 6.92 Å². The SMILES string of the molecule is COc1ncccc1C(=O)N1CC(n2c(C)nc3ccccc32)C1. The highest BCUT2D eigenvalue weighted by molar-refractivity contribution is 5.97. The minimum Gasteiger partial charge on any atom is -0.480 e. The molecule has 2 aromatic heterocycles. The molecular formula is C18H18N4O2. The Labute approximate surface area is 139 Å². The van der Waals surface area contributed by atoms with Gasteiger partial charge in [0.15, 0.2) is 0 Å². The van der Waals surface area contributed by atoms with Crippen LogP contribution >= 0.6 is 0 Å². The molecule has 0 spiro atoms. The number of aromatic nitrogens is 3. The Morgan fingerprint density at radius 3 is 2.79 bits per heavy atom. The number of carbonyl (C=O) groups is 1. The summed E-state index contributed by atoms with van der Waals surface area (Å²) in [5.74, 6) is 1.31. The number of ether oxygens (including phenoxy) is 1. The molecule has 0 bridgehead atoms. The number of benzene rings is 1. The first-order valence-corrected chi connectivity index (χ1v) is 7.91. The predicted molar refractivity (Wildman–Crippen MR) is 90.2 cm³/mol. The summed E-state index contributed by atoms with van der Waals surface area (Å²) in [6.07, 6.45) is 1.62. The maximum Gasteiger partial charge on any atom is 0.259 e. The van der Waals surface area contributed by atoms with Gasteiger partial charge in [0, 0.05) is 19.3 Å². The Balaban J connectivity index is 1.56. The fourth-order valence-electron chi connectivity index (χ4n) is 3.30. The molecule has 4 rings (SSSR count). The Bertz CT molecular complexity index is 912. The van der Waals surface area contributed by atoms with Crippen LogP contribution in [0.4, 0.5) is 0 Å². The minimum absolute atomic E-state index is 0.0433. The molecule has 6 nitrogen and oxygen atoms in total. The smallest absolute Gasteiger partial charge is 0.259 e. The van der Waals surface area contributed by atoms with Gasteiger partial charge in [0.05, 0.1) is 24.2 Å². The molecule has 1 aliphatic heterocycles. The summed E-state index contributed by atoms with van der Waals surface area (Å²) < 4.78 is 7.41. The van der Waals surface area contributed by atoms with Crippen LogP contribution in [-0.4, -0.2) is 45.5 Å². The van der Waals surface area contributed by atoms with Crippen LogP contribution in [0.2, 0.25) is 0 Å². The lowest BCUT2D eigenvalue weighted by atomic mass is 10.1. The van der Waals surface area contributed by atoms with Gasteiger partial charge in [-0.05, 0) is 31.2 Å². The van der Waals surface area contributed by atoms with Crippen LogP contribution in [0.1, 0.15) is 22.2 Å². The summed E-state index contributed by atoms with van der Waals surface area (Å²) in [6.45, 7) is 3.34. The van der Waals surface area contributed by atoms with Crippen molar-refractivity contribution in [2.24, 2.45) is 0 Å². The highest BCUT2D eigenvalue weighted by Gasteiger charge is 2.35. The molecule has 3 heterocycles. The molecule has 0 unspecified atom stereocenters. The number of pyridine rings is 1. The van der Waals surface area contributed by atoms with E-state index in [-0.39, 0.29) is 11.9 Å².